The molecule has 2 aromatic rings. The molecule has 1 aromatic carbocycles. The maximum absolute atomic E-state index is 13.0. The first-order chi connectivity index (χ1) is 14.9. The quantitative estimate of drug-likeness (QED) is 0.593. The first kappa shape index (κ1) is 23.1. The van der Waals surface area contributed by atoms with Crippen LogP contribution in [0.15, 0.2) is 24.4 Å². The summed E-state index contributed by atoms with van der Waals surface area (Å²) in [5.74, 6) is 0.481. The molecule has 0 spiro atoms. The van der Waals surface area contributed by atoms with Gasteiger partial charge in [-0.15, -0.1) is 0 Å². The summed E-state index contributed by atoms with van der Waals surface area (Å²) in [5.41, 5.74) is 1.86. The minimum Gasteiger partial charge on any atom is -0.444 e. The molecule has 2 saturated heterocycles. The van der Waals surface area contributed by atoms with Crippen LogP contribution in [0.25, 0.3) is 10.9 Å². The van der Waals surface area contributed by atoms with Crippen LogP contribution in [0.3, 0.4) is 0 Å². The molecule has 0 aliphatic carbocycles. The zero-order valence-electron chi connectivity index (χ0n) is 20.9. The van der Waals surface area contributed by atoms with Gasteiger partial charge in [0.25, 0.3) is 0 Å². The Morgan fingerprint density at radius 2 is 1.94 bits per heavy atom. The summed E-state index contributed by atoms with van der Waals surface area (Å²) in [5, 5.41) is 6.16. The highest BCUT2D eigenvalue weighted by atomic mass is 16.6. The Hall–Kier alpha value is -2.08. The second-order valence-electron chi connectivity index (χ2n) is 11.6. The number of benzene rings is 1. The lowest BCUT2D eigenvalue weighted by molar-refractivity contribution is 0.00365. The Morgan fingerprint density at radius 3 is 2.62 bits per heavy atom. The Labute approximate surface area is 192 Å². The third-order valence-corrected chi connectivity index (χ3v) is 7.32. The van der Waals surface area contributed by atoms with E-state index in [-0.39, 0.29) is 17.7 Å². The summed E-state index contributed by atoms with van der Waals surface area (Å²) in [7, 11) is 2.21. The van der Waals surface area contributed by atoms with E-state index in [9.17, 15) is 4.79 Å². The fourth-order valence-corrected chi connectivity index (χ4v) is 5.17. The number of rotatable bonds is 2. The predicted octanol–water partition coefficient (Wildman–Crippen LogP) is 5.79. The molecule has 1 aromatic heterocycles. The monoisotopic (exact) mass is 440 g/mol. The average molecular weight is 441 g/mol. The Balaban J connectivity index is 1.59. The van der Waals surface area contributed by atoms with Crippen LogP contribution < -0.4 is 0 Å². The molecular formula is C26H40N4O2. The van der Waals surface area contributed by atoms with Crippen molar-refractivity contribution in [2.45, 2.75) is 90.4 Å². The summed E-state index contributed by atoms with van der Waals surface area (Å²) in [4.78, 5) is 17.4. The molecule has 176 valence electrons. The second kappa shape index (κ2) is 8.36. The van der Waals surface area contributed by atoms with Crippen molar-refractivity contribution in [2.75, 3.05) is 20.1 Å². The normalized spacial score (nSPS) is 27.0. The fraction of sp³-hybridized carbons (Fsp3) is 0.692. The van der Waals surface area contributed by atoms with Crippen LogP contribution in [0.2, 0.25) is 0 Å². The van der Waals surface area contributed by atoms with E-state index in [4.69, 9.17) is 9.84 Å². The summed E-state index contributed by atoms with van der Waals surface area (Å²) >= 11 is 0. The van der Waals surface area contributed by atoms with Crippen molar-refractivity contribution in [2.24, 2.45) is 5.92 Å². The van der Waals surface area contributed by atoms with E-state index in [1.54, 1.807) is 0 Å². The number of hydrogen-bond donors (Lipinski definition) is 0. The molecule has 6 heteroatoms. The van der Waals surface area contributed by atoms with Crippen molar-refractivity contribution < 1.29 is 9.53 Å². The number of carbonyl (C=O) groups excluding carboxylic acids is 1. The van der Waals surface area contributed by atoms with E-state index in [0.717, 1.165) is 49.9 Å². The van der Waals surface area contributed by atoms with Gasteiger partial charge in [-0.3, -0.25) is 4.68 Å². The molecule has 2 aliphatic rings. The van der Waals surface area contributed by atoms with Gasteiger partial charge in [0.2, 0.25) is 0 Å². The zero-order chi connectivity index (χ0) is 23.3. The first-order valence-corrected chi connectivity index (χ1v) is 12.1. The fourth-order valence-electron chi connectivity index (χ4n) is 5.17. The summed E-state index contributed by atoms with van der Waals surface area (Å²) in [6.07, 6.45) is 6.26. The predicted molar refractivity (Wildman–Crippen MR) is 129 cm³/mol. The van der Waals surface area contributed by atoms with Gasteiger partial charge in [-0.2, -0.15) is 5.10 Å². The Morgan fingerprint density at radius 1 is 1.19 bits per heavy atom. The molecule has 0 bridgehead atoms. The van der Waals surface area contributed by atoms with Crippen molar-refractivity contribution in [1.29, 1.82) is 0 Å². The molecule has 3 heterocycles. The van der Waals surface area contributed by atoms with Crippen LogP contribution in [-0.2, 0) is 4.74 Å². The van der Waals surface area contributed by atoms with Gasteiger partial charge in [-0.1, -0.05) is 19.1 Å². The van der Waals surface area contributed by atoms with E-state index in [2.05, 4.69) is 61.8 Å². The molecule has 0 radical (unpaired) electrons. The topological polar surface area (TPSA) is 50.6 Å². The molecule has 2 fully saturated rings. The molecule has 6 nitrogen and oxygen atoms in total. The first-order valence-electron chi connectivity index (χ1n) is 12.1. The number of carbonyl (C=O) groups is 1. The van der Waals surface area contributed by atoms with Gasteiger partial charge in [0.1, 0.15) is 5.60 Å². The van der Waals surface area contributed by atoms with E-state index in [1.165, 1.54) is 5.39 Å². The third kappa shape index (κ3) is 4.80. The lowest BCUT2D eigenvalue weighted by Crippen LogP contribution is -2.47. The van der Waals surface area contributed by atoms with E-state index in [1.807, 2.05) is 25.7 Å². The van der Waals surface area contributed by atoms with E-state index >= 15 is 0 Å². The molecule has 1 amide bonds. The highest BCUT2D eigenvalue weighted by Gasteiger charge is 2.35. The van der Waals surface area contributed by atoms with E-state index in [0.29, 0.717) is 12.0 Å². The molecular weight excluding hydrogens is 400 g/mol. The zero-order valence-corrected chi connectivity index (χ0v) is 20.9. The average Bonchev–Trinajstić information content (AvgIpc) is 3.12. The summed E-state index contributed by atoms with van der Waals surface area (Å²) in [6.45, 7) is 14.4. The van der Waals surface area contributed by atoms with Gasteiger partial charge in [0, 0.05) is 30.2 Å². The Bertz CT molecular complexity index is 974. The van der Waals surface area contributed by atoms with Crippen molar-refractivity contribution >= 4 is 17.0 Å². The number of nitrogens with zero attached hydrogens (tertiary/aromatic N) is 4. The minimum absolute atomic E-state index is 0.0397. The maximum atomic E-state index is 13.0. The number of fused-ring (bicyclic) bond motifs is 1. The minimum atomic E-state index is -0.493. The van der Waals surface area contributed by atoms with Gasteiger partial charge >= 0.3 is 6.09 Å². The van der Waals surface area contributed by atoms with Gasteiger partial charge in [-0.05, 0) is 84.9 Å². The van der Waals surface area contributed by atoms with Crippen molar-refractivity contribution in [3.63, 3.8) is 0 Å². The number of hydrogen-bond acceptors (Lipinski definition) is 4. The van der Waals surface area contributed by atoms with Crippen LogP contribution in [0.5, 0.6) is 0 Å². The highest BCUT2D eigenvalue weighted by molar-refractivity contribution is 5.79. The van der Waals surface area contributed by atoms with Gasteiger partial charge in [-0.25, -0.2) is 4.79 Å². The standard InChI is InChI=1S/C26H40N4O2/c1-18-8-11-23(29(16-18)24(31)32-25(2,3)4)19-9-10-20-17-30(27-22(20)14-19)21-12-13-28(7)26(5,6)15-21/h9-10,14,17-18,21,23H,8,11-13,15-16H2,1-7H3/t18-,21+,23+/m0/s1. The summed E-state index contributed by atoms with van der Waals surface area (Å²) < 4.78 is 7.92. The van der Waals surface area contributed by atoms with Gasteiger partial charge < -0.3 is 14.5 Å². The third-order valence-electron chi connectivity index (χ3n) is 7.32. The van der Waals surface area contributed by atoms with Crippen LogP contribution in [0, 0.1) is 5.92 Å². The van der Waals surface area contributed by atoms with Gasteiger partial charge in [0.15, 0.2) is 0 Å². The molecule has 0 N–H and O–H groups in total. The summed E-state index contributed by atoms with van der Waals surface area (Å²) in [6, 6.07) is 6.98. The molecule has 0 unspecified atom stereocenters. The molecule has 3 atom stereocenters. The molecule has 32 heavy (non-hydrogen) atoms. The lowest BCUT2D eigenvalue weighted by atomic mass is 9.87. The van der Waals surface area contributed by atoms with E-state index < -0.39 is 5.60 Å². The van der Waals surface area contributed by atoms with Crippen LogP contribution in [-0.4, -0.2) is 57.0 Å². The SMILES string of the molecule is C[C@H]1CC[C@H](c2ccc3cn([C@@H]4CCN(C)C(C)(C)C4)nc3c2)N(C(=O)OC(C)(C)C)C1. The Kier molecular flexibility index (Phi) is 6.03. The number of likely N-dealkylation sites (tertiary alicyclic amines) is 2. The van der Waals surface area contributed by atoms with Crippen LogP contribution in [0.4, 0.5) is 4.79 Å². The number of ether oxygens (including phenoxy) is 1. The van der Waals surface area contributed by atoms with Crippen molar-refractivity contribution in [3.8, 4) is 0 Å². The van der Waals surface area contributed by atoms with Crippen LogP contribution >= 0.6 is 0 Å². The van der Waals surface area contributed by atoms with Gasteiger partial charge in [0.05, 0.1) is 17.6 Å². The molecule has 2 aliphatic heterocycles. The second-order valence-corrected chi connectivity index (χ2v) is 11.6. The lowest BCUT2D eigenvalue weighted by Gasteiger charge is -2.43. The maximum Gasteiger partial charge on any atom is 0.410 e. The number of piperidine rings is 2. The largest absolute Gasteiger partial charge is 0.444 e. The van der Waals surface area contributed by atoms with Crippen molar-refractivity contribution in [3.05, 3.63) is 30.0 Å². The number of aromatic nitrogens is 2. The smallest absolute Gasteiger partial charge is 0.410 e. The van der Waals surface area contributed by atoms with Crippen LogP contribution in [0.1, 0.15) is 84.9 Å². The molecule has 4 rings (SSSR count). The highest BCUT2D eigenvalue weighted by Crippen LogP contribution is 2.37. The van der Waals surface area contributed by atoms with Crippen molar-refractivity contribution in [1.82, 2.24) is 19.6 Å². The number of amides is 1. The molecule has 0 saturated carbocycles.